The van der Waals surface area contributed by atoms with Crippen molar-refractivity contribution in [1.82, 2.24) is 5.32 Å². The van der Waals surface area contributed by atoms with Gasteiger partial charge < -0.3 is 5.32 Å². The number of alkyl halides is 3. The van der Waals surface area contributed by atoms with Crippen molar-refractivity contribution in [3.8, 4) is 0 Å². The second-order valence-corrected chi connectivity index (χ2v) is 10.2. The summed E-state index contributed by atoms with van der Waals surface area (Å²) in [5.41, 5.74) is 1.53. The summed E-state index contributed by atoms with van der Waals surface area (Å²) in [6.07, 6.45) is -2.75. The summed E-state index contributed by atoms with van der Waals surface area (Å²) < 4.78 is 63.6. The zero-order valence-corrected chi connectivity index (χ0v) is 18.5. The Morgan fingerprint density at radius 3 is 2.29 bits per heavy atom. The lowest BCUT2D eigenvalue weighted by Gasteiger charge is -2.18. The molecule has 5 nitrogen and oxygen atoms in total. The first kappa shape index (κ1) is 23.1. The van der Waals surface area contributed by atoms with Crippen LogP contribution in [0.4, 0.5) is 18.9 Å². The van der Waals surface area contributed by atoms with E-state index in [1.807, 2.05) is 13.8 Å². The highest BCUT2D eigenvalue weighted by molar-refractivity contribution is 7.92. The number of rotatable bonds is 6. The molecule has 0 spiro atoms. The number of sulfonamides is 1. The largest absolute Gasteiger partial charge is 0.416 e. The first-order valence-corrected chi connectivity index (χ1v) is 11.7. The van der Waals surface area contributed by atoms with Crippen LogP contribution in [-0.2, 0) is 26.4 Å². The Morgan fingerprint density at radius 2 is 1.77 bits per heavy atom. The number of benzene rings is 2. The Balaban J connectivity index is 1.66. The number of carbonyl (C=O) groups excluding carboxylic acids is 1. The van der Waals surface area contributed by atoms with Crippen molar-refractivity contribution in [2.24, 2.45) is 5.92 Å². The summed E-state index contributed by atoms with van der Waals surface area (Å²) >= 11 is 0. The highest BCUT2D eigenvalue weighted by atomic mass is 32.2. The monoisotopic (exact) mass is 454 g/mol. The summed E-state index contributed by atoms with van der Waals surface area (Å²) in [5, 5.41) is 2.96. The average Bonchev–Trinajstić information content (AvgIpc) is 3.35. The number of amides is 1. The molecule has 0 heterocycles. The quantitative estimate of drug-likeness (QED) is 0.673. The van der Waals surface area contributed by atoms with Gasteiger partial charge in [0.2, 0.25) is 15.9 Å². The summed E-state index contributed by atoms with van der Waals surface area (Å²) in [6, 6.07) is 9.87. The third-order valence-electron chi connectivity index (χ3n) is 5.83. The number of nitrogens with one attached hydrogen (secondary N) is 2. The normalized spacial score (nSPS) is 22.0. The smallest absolute Gasteiger partial charge is 0.349 e. The summed E-state index contributed by atoms with van der Waals surface area (Å²) in [4.78, 5) is 12.8. The third-order valence-corrected chi connectivity index (χ3v) is 6.42. The van der Waals surface area contributed by atoms with E-state index in [1.165, 1.54) is 12.1 Å². The maximum absolute atomic E-state index is 12.8. The molecule has 1 aliphatic carbocycles. The predicted molar refractivity (Wildman–Crippen MR) is 113 cm³/mol. The van der Waals surface area contributed by atoms with Gasteiger partial charge in [0.05, 0.1) is 23.5 Å². The van der Waals surface area contributed by atoms with E-state index in [-0.39, 0.29) is 17.9 Å². The lowest BCUT2D eigenvalue weighted by Crippen LogP contribution is -2.30. The van der Waals surface area contributed by atoms with Gasteiger partial charge in [0, 0.05) is 11.3 Å². The van der Waals surface area contributed by atoms with Crippen LogP contribution in [0.2, 0.25) is 0 Å². The van der Waals surface area contributed by atoms with Crippen LogP contribution in [0.3, 0.4) is 0 Å². The number of hydrogen-bond acceptors (Lipinski definition) is 3. The topological polar surface area (TPSA) is 75.3 Å². The van der Waals surface area contributed by atoms with Crippen LogP contribution in [0.1, 0.15) is 48.6 Å². The van der Waals surface area contributed by atoms with Crippen molar-refractivity contribution in [2.75, 3.05) is 11.0 Å². The van der Waals surface area contributed by atoms with E-state index in [1.54, 1.807) is 25.1 Å². The van der Waals surface area contributed by atoms with Gasteiger partial charge in [-0.05, 0) is 55.2 Å². The van der Waals surface area contributed by atoms with Crippen LogP contribution in [0.15, 0.2) is 42.5 Å². The van der Waals surface area contributed by atoms with Crippen molar-refractivity contribution in [1.29, 1.82) is 0 Å². The van der Waals surface area contributed by atoms with Gasteiger partial charge in [-0.3, -0.25) is 9.52 Å². The van der Waals surface area contributed by atoms with Gasteiger partial charge >= 0.3 is 6.18 Å². The fraction of sp³-hybridized carbons (Fsp3) is 0.409. The number of carbonyl (C=O) groups is 1. The summed E-state index contributed by atoms with van der Waals surface area (Å²) in [6.45, 7) is 5.47. The first-order valence-electron chi connectivity index (χ1n) is 9.77. The van der Waals surface area contributed by atoms with E-state index < -0.39 is 27.2 Å². The Labute approximate surface area is 180 Å². The van der Waals surface area contributed by atoms with Gasteiger partial charge in [0.25, 0.3) is 0 Å². The fourth-order valence-corrected chi connectivity index (χ4v) is 4.40. The molecular weight excluding hydrogens is 429 g/mol. The Bertz CT molecular complexity index is 1100. The van der Waals surface area contributed by atoms with Crippen molar-refractivity contribution in [3.05, 3.63) is 64.7 Å². The molecule has 0 aromatic heterocycles. The molecule has 0 radical (unpaired) electrons. The summed E-state index contributed by atoms with van der Waals surface area (Å²) in [5.74, 6) is -0.482. The second kappa shape index (κ2) is 7.85. The van der Waals surface area contributed by atoms with E-state index in [0.717, 1.165) is 29.5 Å². The first-order chi connectivity index (χ1) is 14.2. The average molecular weight is 455 g/mol. The molecule has 0 bridgehead atoms. The van der Waals surface area contributed by atoms with Crippen LogP contribution in [0.25, 0.3) is 0 Å². The van der Waals surface area contributed by atoms with Crippen molar-refractivity contribution < 1.29 is 26.4 Å². The van der Waals surface area contributed by atoms with Gasteiger partial charge in [-0.1, -0.05) is 31.2 Å². The van der Waals surface area contributed by atoms with E-state index in [4.69, 9.17) is 0 Å². The molecule has 1 saturated carbocycles. The van der Waals surface area contributed by atoms with Crippen LogP contribution in [-0.4, -0.2) is 20.6 Å². The Kier molecular flexibility index (Phi) is 5.86. The number of halogens is 3. The third kappa shape index (κ3) is 5.20. The van der Waals surface area contributed by atoms with Gasteiger partial charge in [-0.15, -0.1) is 0 Å². The molecule has 2 aromatic rings. The van der Waals surface area contributed by atoms with E-state index in [9.17, 15) is 26.4 Å². The zero-order valence-electron chi connectivity index (χ0n) is 17.7. The van der Waals surface area contributed by atoms with Crippen molar-refractivity contribution in [2.45, 2.75) is 44.8 Å². The molecular formula is C22H25F3N2O3S. The van der Waals surface area contributed by atoms with Crippen molar-refractivity contribution in [3.63, 3.8) is 0 Å². The van der Waals surface area contributed by atoms with Crippen LogP contribution < -0.4 is 10.0 Å². The molecule has 0 saturated heterocycles. The second-order valence-electron chi connectivity index (χ2n) is 8.43. The Morgan fingerprint density at radius 1 is 1.16 bits per heavy atom. The van der Waals surface area contributed by atoms with Gasteiger partial charge in [-0.25, -0.2) is 8.42 Å². The lowest BCUT2D eigenvalue weighted by atomic mass is 9.94. The molecule has 9 heteroatoms. The molecule has 168 valence electrons. The van der Waals surface area contributed by atoms with Crippen molar-refractivity contribution >= 4 is 21.6 Å². The molecule has 0 unspecified atom stereocenters. The Hall–Kier alpha value is -2.55. The maximum atomic E-state index is 12.8. The standard InChI is InChI=1S/C22H25F3N2O3S/c1-13-11-15(5-10-19(13)27-31(4,29)30)14(2)26-20(28)18-12-21(18,3)16-6-8-17(9-7-16)22(23,24)25/h5-11,14,18,27H,12H2,1-4H3,(H,26,28)/t14-,18-,21-/m1/s1. The van der Waals surface area contributed by atoms with Crippen LogP contribution >= 0.6 is 0 Å². The number of anilines is 1. The van der Waals surface area contributed by atoms with Crippen LogP contribution in [0.5, 0.6) is 0 Å². The van der Waals surface area contributed by atoms with E-state index in [0.29, 0.717) is 17.7 Å². The van der Waals surface area contributed by atoms with Crippen LogP contribution in [0, 0.1) is 12.8 Å². The fourth-order valence-electron chi connectivity index (χ4n) is 3.77. The molecule has 1 fully saturated rings. The molecule has 2 N–H and O–H groups in total. The minimum absolute atomic E-state index is 0.161. The number of aryl methyl sites for hydroxylation is 1. The molecule has 1 amide bonds. The maximum Gasteiger partial charge on any atom is 0.416 e. The highest BCUT2D eigenvalue weighted by Gasteiger charge is 2.55. The van der Waals surface area contributed by atoms with Gasteiger partial charge in [0.15, 0.2) is 0 Å². The molecule has 31 heavy (non-hydrogen) atoms. The lowest BCUT2D eigenvalue weighted by molar-refractivity contribution is -0.137. The van der Waals surface area contributed by atoms with E-state index in [2.05, 4.69) is 10.0 Å². The SMILES string of the molecule is Cc1cc([C@@H](C)NC(=O)[C@H]2C[C@]2(C)c2ccc(C(F)(F)F)cc2)ccc1NS(C)(=O)=O. The van der Waals surface area contributed by atoms with Gasteiger partial charge in [-0.2, -0.15) is 13.2 Å². The highest BCUT2D eigenvalue weighted by Crippen LogP contribution is 2.54. The summed E-state index contributed by atoms with van der Waals surface area (Å²) in [7, 11) is -3.39. The molecule has 3 rings (SSSR count). The van der Waals surface area contributed by atoms with E-state index >= 15 is 0 Å². The minimum atomic E-state index is -4.39. The molecule has 3 atom stereocenters. The molecule has 1 aliphatic rings. The molecule has 0 aliphatic heterocycles. The molecule has 2 aromatic carbocycles. The van der Waals surface area contributed by atoms with Gasteiger partial charge in [0.1, 0.15) is 0 Å². The predicted octanol–water partition coefficient (Wildman–Crippen LogP) is 4.54. The minimum Gasteiger partial charge on any atom is -0.349 e. The zero-order chi connectivity index (χ0) is 23.2. The number of hydrogen-bond donors (Lipinski definition) is 2.